The van der Waals surface area contributed by atoms with Gasteiger partial charge in [0.2, 0.25) is 0 Å². The third-order valence-corrected chi connectivity index (χ3v) is 3.24. The van der Waals surface area contributed by atoms with Gasteiger partial charge in [0.15, 0.2) is 0 Å². The van der Waals surface area contributed by atoms with Crippen molar-refractivity contribution in [3.8, 4) is 0 Å². The van der Waals surface area contributed by atoms with Crippen LogP contribution in [-0.4, -0.2) is 11.5 Å². The minimum atomic E-state index is -0.135. The van der Waals surface area contributed by atoms with Crippen LogP contribution in [0, 0.1) is 12.7 Å². The van der Waals surface area contributed by atoms with E-state index < -0.39 is 0 Å². The lowest BCUT2D eigenvalue weighted by Gasteiger charge is -2.05. The van der Waals surface area contributed by atoms with E-state index in [0.717, 1.165) is 24.2 Å². The van der Waals surface area contributed by atoms with Gasteiger partial charge in [-0.1, -0.05) is 12.1 Å². The normalized spacial score (nSPS) is 10.7. The third-order valence-electron chi connectivity index (χ3n) is 2.61. The molecule has 0 spiro atoms. The van der Waals surface area contributed by atoms with Crippen molar-refractivity contribution in [1.29, 1.82) is 0 Å². The van der Waals surface area contributed by atoms with E-state index >= 15 is 0 Å². The van der Waals surface area contributed by atoms with Crippen LogP contribution in [0.4, 0.5) is 4.39 Å². The monoisotopic (exact) mass is 250 g/mol. The summed E-state index contributed by atoms with van der Waals surface area (Å²) in [7, 11) is 0. The average Bonchev–Trinajstić information content (AvgIpc) is 2.82. The summed E-state index contributed by atoms with van der Waals surface area (Å²) in [4.78, 5) is 4.21. The first-order chi connectivity index (χ1) is 8.25. The van der Waals surface area contributed by atoms with Crippen LogP contribution in [0.2, 0.25) is 0 Å². The second kappa shape index (κ2) is 5.89. The molecule has 0 amide bonds. The summed E-state index contributed by atoms with van der Waals surface area (Å²) in [6.07, 6.45) is 0.915. The van der Waals surface area contributed by atoms with Crippen molar-refractivity contribution < 1.29 is 4.39 Å². The highest BCUT2D eigenvalue weighted by molar-refractivity contribution is 7.07. The van der Waals surface area contributed by atoms with Gasteiger partial charge in [-0.25, -0.2) is 9.37 Å². The molecule has 1 heterocycles. The minimum absolute atomic E-state index is 0.135. The van der Waals surface area contributed by atoms with Gasteiger partial charge >= 0.3 is 0 Å². The van der Waals surface area contributed by atoms with Crippen molar-refractivity contribution in [2.24, 2.45) is 0 Å². The molecule has 17 heavy (non-hydrogen) atoms. The summed E-state index contributed by atoms with van der Waals surface area (Å²) in [5.74, 6) is -0.135. The van der Waals surface area contributed by atoms with E-state index in [1.54, 1.807) is 24.3 Å². The molecule has 0 atom stereocenters. The second-order valence-electron chi connectivity index (χ2n) is 3.99. The molecule has 0 saturated carbocycles. The lowest BCUT2D eigenvalue weighted by molar-refractivity contribution is 0.611. The highest BCUT2D eigenvalue weighted by Gasteiger charge is 1.99. The zero-order valence-electron chi connectivity index (χ0n) is 9.74. The first-order valence-electron chi connectivity index (χ1n) is 5.58. The molecule has 1 aromatic carbocycles. The Bertz CT molecular complexity index is 468. The van der Waals surface area contributed by atoms with Crippen LogP contribution in [0.1, 0.15) is 16.8 Å². The van der Waals surface area contributed by atoms with Gasteiger partial charge in [-0.2, -0.15) is 0 Å². The van der Waals surface area contributed by atoms with E-state index in [-0.39, 0.29) is 5.82 Å². The fourth-order valence-corrected chi connectivity index (χ4v) is 2.15. The molecule has 0 radical (unpaired) electrons. The Hall–Kier alpha value is -1.26. The van der Waals surface area contributed by atoms with E-state index in [4.69, 9.17) is 0 Å². The molecule has 0 saturated heterocycles. The molecule has 1 aromatic heterocycles. The number of nitrogens with one attached hydrogen (secondary N) is 1. The van der Waals surface area contributed by atoms with Crippen LogP contribution in [0.25, 0.3) is 0 Å². The van der Waals surface area contributed by atoms with Gasteiger partial charge in [0.25, 0.3) is 0 Å². The molecule has 90 valence electrons. The van der Waals surface area contributed by atoms with Crippen molar-refractivity contribution in [2.75, 3.05) is 6.54 Å². The highest BCUT2D eigenvalue weighted by atomic mass is 32.1. The molecule has 2 nitrogen and oxygen atoms in total. The van der Waals surface area contributed by atoms with Gasteiger partial charge in [-0.3, -0.25) is 0 Å². The van der Waals surface area contributed by atoms with Crippen molar-refractivity contribution in [2.45, 2.75) is 19.9 Å². The van der Waals surface area contributed by atoms with E-state index in [0.29, 0.717) is 12.1 Å². The second-order valence-corrected chi connectivity index (χ2v) is 4.71. The topological polar surface area (TPSA) is 24.9 Å². The van der Waals surface area contributed by atoms with Gasteiger partial charge < -0.3 is 5.32 Å². The number of aromatic nitrogens is 1. The van der Waals surface area contributed by atoms with Gasteiger partial charge in [-0.15, -0.1) is 11.3 Å². The van der Waals surface area contributed by atoms with Gasteiger partial charge in [0.05, 0.1) is 11.2 Å². The molecule has 0 bridgehead atoms. The quantitative estimate of drug-likeness (QED) is 0.825. The Morgan fingerprint density at radius 3 is 3.00 bits per heavy atom. The molecule has 2 rings (SSSR count). The van der Waals surface area contributed by atoms with E-state index in [2.05, 4.69) is 10.3 Å². The molecule has 2 aromatic rings. The Morgan fingerprint density at radius 1 is 1.41 bits per heavy atom. The molecule has 0 unspecified atom stereocenters. The maximum Gasteiger partial charge on any atom is 0.126 e. The smallest absolute Gasteiger partial charge is 0.126 e. The minimum Gasteiger partial charge on any atom is -0.312 e. The Kier molecular flexibility index (Phi) is 4.23. The van der Waals surface area contributed by atoms with Crippen LogP contribution in [0.5, 0.6) is 0 Å². The van der Waals surface area contributed by atoms with Crippen molar-refractivity contribution in [3.05, 3.63) is 51.7 Å². The standard InChI is InChI=1S/C13H15FN2S/c1-10-2-3-11(6-13(10)14)7-15-5-4-12-8-17-9-16-12/h2-3,6,8-9,15H,4-5,7H2,1H3. The zero-order valence-corrected chi connectivity index (χ0v) is 10.6. The highest BCUT2D eigenvalue weighted by Crippen LogP contribution is 2.08. The number of benzene rings is 1. The molecule has 0 fully saturated rings. The van der Waals surface area contributed by atoms with Crippen LogP contribution in [0.15, 0.2) is 29.1 Å². The first kappa shape index (κ1) is 12.2. The fraction of sp³-hybridized carbons (Fsp3) is 0.308. The number of thiazole rings is 1. The van der Waals surface area contributed by atoms with E-state index in [9.17, 15) is 4.39 Å². The van der Waals surface area contributed by atoms with Gasteiger partial charge in [-0.05, 0) is 24.1 Å². The predicted octanol–water partition coefficient (Wildman–Crippen LogP) is 2.92. The number of aryl methyl sites for hydroxylation is 1. The molecule has 1 N–H and O–H groups in total. The Labute approximate surface area is 105 Å². The summed E-state index contributed by atoms with van der Waals surface area (Å²) in [5, 5.41) is 5.33. The van der Waals surface area contributed by atoms with Crippen molar-refractivity contribution in [3.63, 3.8) is 0 Å². The lowest BCUT2D eigenvalue weighted by atomic mass is 10.1. The fourth-order valence-electron chi connectivity index (χ4n) is 1.56. The SMILES string of the molecule is Cc1ccc(CNCCc2cscn2)cc1F. The maximum atomic E-state index is 13.3. The maximum absolute atomic E-state index is 13.3. The molecule has 4 heteroatoms. The van der Waals surface area contributed by atoms with Crippen LogP contribution in [0.3, 0.4) is 0 Å². The number of halogens is 1. The Balaban J connectivity index is 1.76. The molecular formula is C13H15FN2S. The summed E-state index contributed by atoms with van der Waals surface area (Å²) in [5.41, 5.74) is 4.62. The van der Waals surface area contributed by atoms with E-state index in [1.807, 2.05) is 23.0 Å². The van der Waals surface area contributed by atoms with Crippen molar-refractivity contribution in [1.82, 2.24) is 10.3 Å². The summed E-state index contributed by atoms with van der Waals surface area (Å²) in [6, 6.07) is 5.35. The first-order valence-corrected chi connectivity index (χ1v) is 6.53. The molecule has 0 aliphatic rings. The Morgan fingerprint density at radius 2 is 2.29 bits per heavy atom. The number of hydrogen-bond acceptors (Lipinski definition) is 3. The lowest BCUT2D eigenvalue weighted by Crippen LogP contribution is -2.16. The summed E-state index contributed by atoms with van der Waals surface area (Å²) >= 11 is 1.61. The average molecular weight is 250 g/mol. The number of nitrogens with zero attached hydrogens (tertiary/aromatic N) is 1. The third kappa shape index (κ3) is 3.61. The molecule has 0 aliphatic carbocycles. The predicted molar refractivity (Wildman–Crippen MR) is 68.7 cm³/mol. The molecule has 0 aliphatic heterocycles. The van der Waals surface area contributed by atoms with Gasteiger partial charge in [0.1, 0.15) is 5.82 Å². The summed E-state index contributed by atoms with van der Waals surface area (Å²) in [6.45, 7) is 3.33. The van der Waals surface area contributed by atoms with Crippen LogP contribution >= 0.6 is 11.3 Å². The summed E-state index contributed by atoms with van der Waals surface area (Å²) < 4.78 is 13.3. The van der Waals surface area contributed by atoms with Gasteiger partial charge in [0, 0.05) is 24.9 Å². The number of hydrogen-bond donors (Lipinski definition) is 1. The number of rotatable bonds is 5. The largest absolute Gasteiger partial charge is 0.312 e. The van der Waals surface area contributed by atoms with Crippen LogP contribution < -0.4 is 5.32 Å². The van der Waals surface area contributed by atoms with E-state index in [1.165, 1.54) is 0 Å². The van der Waals surface area contributed by atoms with Crippen LogP contribution in [-0.2, 0) is 13.0 Å². The molecular weight excluding hydrogens is 235 g/mol. The van der Waals surface area contributed by atoms with Crippen molar-refractivity contribution >= 4 is 11.3 Å². The zero-order chi connectivity index (χ0) is 12.1.